The minimum atomic E-state index is -0.221. The molecule has 2 aromatic rings. The van der Waals surface area contributed by atoms with Gasteiger partial charge in [-0.2, -0.15) is 11.3 Å². The third-order valence-electron chi connectivity index (χ3n) is 6.88. The fourth-order valence-corrected chi connectivity index (χ4v) is 5.78. The first-order chi connectivity index (χ1) is 13.7. The number of aromatic amines is 1. The summed E-state index contributed by atoms with van der Waals surface area (Å²) in [4.78, 5) is 31.3. The molecule has 1 unspecified atom stereocenters. The van der Waals surface area contributed by atoms with Crippen molar-refractivity contribution in [2.45, 2.75) is 57.5 Å². The number of rotatable bonds is 4. The van der Waals surface area contributed by atoms with Crippen molar-refractivity contribution in [1.29, 1.82) is 0 Å². The summed E-state index contributed by atoms with van der Waals surface area (Å²) < 4.78 is 0. The van der Waals surface area contributed by atoms with Crippen molar-refractivity contribution >= 4 is 17.2 Å². The minimum absolute atomic E-state index is 0.0961. The Balaban J connectivity index is 1.47. The normalized spacial score (nSPS) is 22.6. The highest BCUT2D eigenvalue weighted by Crippen LogP contribution is 2.56. The molecule has 1 saturated heterocycles. The monoisotopic (exact) mass is 397 g/mol. The summed E-state index contributed by atoms with van der Waals surface area (Å²) in [5, 5.41) is 7.59. The van der Waals surface area contributed by atoms with Crippen LogP contribution >= 0.6 is 11.3 Å². The number of amides is 1. The summed E-state index contributed by atoms with van der Waals surface area (Å²) in [6, 6.07) is 4.21. The average molecular weight is 398 g/mol. The molecular weight excluding hydrogens is 370 g/mol. The third kappa shape index (κ3) is 3.22. The van der Waals surface area contributed by atoms with E-state index in [1.165, 1.54) is 0 Å². The number of aromatic nitrogens is 1. The summed E-state index contributed by atoms with van der Waals surface area (Å²) in [7, 11) is 0. The standard InChI is InChI=1S/C22H27N3O2S/c26-20-17(11-16-3-1-2-4-18(16)24-20)21(27)25(13-15-5-10-28-14-15)19-12-22(19)6-8-23-9-7-22/h5,10-11,14,19,23H,1-4,6-9,12-13H2,(H,24,26). The number of hydrogen-bond donors (Lipinski definition) is 2. The van der Waals surface area contributed by atoms with Crippen LogP contribution < -0.4 is 10.9 Å². The molecule has 1 saturated carbocycles. The van der Waals surface area contributed by atoms with Gasteiger partial charge in [0.15, 0.2) is 0 Å². The molecule has 2 fully saturated rings. The second kappa shape index (κ2) is 7.16. The highest BCUT2D eigenvalue weighted by atomic mass is 32.1. The largest absolute Gasteiger partial charge is 0.331 e. The first-order valence-electron chi connectivity index (χ1n) is 10.4. The number of hydrogen-bond acceptors (Lipinski definition) is 4. The number of H-pyrrole nitrogens is 1. The van der Waals surface area contributed by atoms with E-state index in [2.05, 4.69) is 27.1 Å². The average Bonchev–Trinajstić information content (AvgIpc) is 3.14. The molecule has 0 bridgehead atoms. The molecule has 0 aromatic carbocycles. The van der Waals surface area contributed by atoms with Gasteiger partial charge in [0, 0.05) is 18.3 Å². The lowest BCUT2D eigenvalue weighted by atomic mass is 9.93. The fourth-order valence-electron chi connectivity index (χ4n) is 5.12. The Bertz CT molecular complexity index is 928. The number of thiophene rings is 1. The fraction of sp³-hybridized carbons (Fsp3) is 0.545. The van der Waals surface area contributed by atoms with Crippen LogP contribution in [0.5, 0.6) is 0 Å². The van der Waals surface area contributed by atoms with Gasteiger partial charge >= 0.3 is 0 Å². The second-order valence-electron chi connectivity index (χ2n) is 8.62. The molecular formula is C22H27N3O2S. The zero-order valence-electron chi connectivity index (χ0n) is 16.1. The van der Waals surface area contributed by atoms with Crippen molar-refractivity contribution in [3.05, 3.63) is 55.6 Å². The van der Waals surface area contributed by atoms with Crippen LogP contribution in [0.2, 0.25) is 0 Å². The van der Waals surface area contributed by atoms with Crippen molar-refractivity contribution in [1.82, 2.24) is 15.2 Å². The van der Waals surface area contributed by atoms with E-state index in [1.807, 2.05) is 11.0 Å². The van der Waals surface area contributed by atoms with Crippen LogP contribution in [0.15, 0.2) is 27.7 Å². The smallest absolute Gasteiger partial charge is 0.261 e. The van der Waals surface area contributed by atoms with Gasteiger partial charge in [-0.05, 0) is 97.5 Å². The Morgan fingerprint density at radius 1 is 1.25 bits per heavy atom. The maximum absolute atomic E-state index is 13.6. The van der Waals surface area contributed by atoms with Crippen molar-refractivity contribution in [2.75, 3.05) is 13.1 Å². The van der Waals surface area contributed by atoms with Crippen LogP contribution in [0.1, 0.15) is 59.3 Å². The first kappa shape index (κ1) is 18.1. The molecule has 6 heteroatoms. The third-order valence-corrected chi connectivity index (χ3v) is 7.62. The van der Waals surface area contributed by atoms with Crippen LogP contribution in [-0.4, -0.2) is 34.9 Å². The number of carbonyl (C=O) groups is 1. The van der Waals surface area contributed by atoms with Crippen molar-refractivity contribution in [3.63, 3.8) is 0 Å². The minimum Gasteiger partial charge on any atom is -0.331 e. The van der Waals surface area contributed by atoms with E-state index >= 15 is 0 Å². The van der Waals surface area contributed by atoms with Crippen LogP contribution in [0.25, 0.3) is 0 Å². The quantitative estimate of drug-likeness (QED) is 0.833. The summed E-state index contributed by atoms with van der Waals surface area (Å²) in [5.74, 6) is -0.0961. The van der Waals surface area contributed by atoms with E-state index in [0.29, 0.717) is 12.1 Å². The number of carbonyl (C=O) groups excluding carboxylic acids is 1. The van der Waals surface area contributed by atoms with Gasteiger partial charge in [-0.15, -0.1) is 0 Å². The summed E-state index contributed by atoms with van der Waals surface area (Å²) in [5.41, 5.74) is 3.69. The van der Waals surface area contributed by atoms with Crippen LogP contribution in [-0.2, 0) is 19.4 Å². The van der Waals surface area contributed by atoms with Crippen LogP contribution in [0.4, 0.5) is 0 Å². The van der Waals surface area contributed by atoms with Gasteiger partial charge in [-0.3, -0.25) is 9.59 Å². The number of nitrogens with zero attached hydrogens (tertiary/aromatic N) is 1. The molecule has 2 aliphatic carbocycles. The number of fused-ring (bicyclic) bond motifs is 1. The first-order valence-corrected chi connectivity index (χ1v) is 11.4. The lowest BCUT2D eigenvalue weighted by Crippen LogP contribution is -2.41. The maximum Gasteiger partial charge on any atom is 0.261 e. The molecule has 3 heterocycles. The van der Waals surface area contributed by atoms with Gasteiger partial charge < -0.3 is 15.2 Å². The van der Waals surface area contributed by atoms with Gasteiger partial charge in [0.25, 0.3) is 11.5 Å². The SMILES string of the molecule is O=C(c1cc2c([nH]c1=O)CCCC2)N(Cc1ccsc1)C1CC12CCNCC2. The number of aryl methyl sites for hydroxylation is 2. The van der Waals surface area contributed by atoms with E-state index in [0.717, 1.165) is 74.9 Å². The van der Waals surface area contributed by atoms with E-state index in [9.17, 15) is 9.59 Å². The topological polar surface area (TPSA) is 65.2 Å². The summed E-state index contributed by atoms with van der Waals surface area (Å²) in [6.45, 7) is 2.64. The molecule has 2 N–H and O–H groups in total. The number of pyridine rings is 1. The predicted octanol–water partition coefficient (Wildman–Crippen LogP) is 3.10. The number of nitrogens with one attached hydrogen (secondary N) is 2. The molecule has 3 aliphatic rings. The van der Waals surface area contributed by atoms with Crippen LogP contribution in [0, 0.1) is 5.41 Å². The van der Waals surface area contributed by atoms with Gasteiger partial charge in [-0.1, -0.05) is 0 Å². The molecule has 1 aliphatic heterocycles. The Morgan fingerprint density at radius 3 is 2.86 bits per heavy atom. The molecule has 1 amide bonds. The van der Waals surface area contributed by atoms with E-state index < -0.39 is 0 Å². The van der Waals surface area contributed by atoms with Gasteiger partial charge in [-0.25, -0.2) is 0 Å². The maximum atomic E-state index is 13.6. The van der Waals surface area contributed by atoms with E-state index in [1.54, 1.807) is 11.3 Å². The van der Waals surface area contributed by atoms with E-state index in [4.69, 9.17) is 0 Å². The predicted molar refractivity (Wildman–Crippen MR) is 111 cm³/mol. The van der Waals surface area contributed by atoms with Crippen LogP contribution in [0.3, 0.4) is 0 Å². The summed E-state index contributed by atoms with van der Waals surface area (Å²) >= 11 is 1.65. The zero-order valence-corrected chi connectivity index (χ0v) is 16.9. The Morgan fingerprint density at radius 2 is 2.07 bits per heavy atom. The zero-order chi connectivity index (χ0) is 19.1. The van der Waals surface area contributed by atoms with E-state index in [-0.39, 0.29) is 22.9 Å². The van der Waals surface area contributed by atoms with Gasteiger partial charge in [0.2, 0.25) is 0 Å². The summed E-state index contributed by atoms with van der Waals surface area (Å²) in [6.07, 6.45) is 7.40. The molecule has 5 nitrogen and oxygen atoms in total. The molecule has 2 aromatic heterocycles. The Hall–Kier alpha value is -1.92. The van der Waals surface area contributed by atoms with Gasteiger partial charge in [0.05, 0.1) is 0 Å². The van der Waals surface area contributed by atoms with Crippen molar-refractivity contribution < 1.29 is 4.79 Å². The van der Waals surface area contributed by atoms with Crippen molar-refractivity contribution in [3.8, 4) is 0 Å². The highest BCUT2D eigenvalue weighted by molar-refractivity contribution is 7.07. The molecule has 0 radical (unpaired) electrons. The molecule has 1 spiro atoms. The number of piperidine rings is 1. The molecule has 148 valence electrons. The molecule has 28 heavy (non-hydrogen) atoms. The molecule has 5 rings (SSSR count). The highest BCUT2D eigenvalue weighted by Gasteiger charge is 2.57. The lowest BCUT2D eigenvalue weighted by Gasteiger charge is -2.29. The Labute approximate surface area is 169 Å². The van der Waals surface area contributed by atoms with Crippen molar-refractivity contribution in [2.24, 2.45) is 5.41 Å². The Kier molecular flexibility index (Phi) is 4.63. The lowest BCUT2D eigenvalue weighted by molar-refractivity contribution is 0.0690. The molecule has 1 atom stereocenters. The van der Waals surface area contributed by atoms with Gasteiger partial charge in [0.1, 0.15) is 5.56 Å². The second-order valence-corrected chi connectivity index (χ2v) is 9.40.